The highest BCUT2D eigenvalue weighted by atomic mass is 35.5. The molecular weight excluding hydrogens is 388 g/mol. The topological polar surface area (TPSA) is 35.6 Å². The number of halogens is 4. The Bertz CT molecular complexity index is 542. The summed E-state index contributed by atoms with van der Waals surface area (Å²) < 4.78 is 13.9. The highest BCUT2D eigenvalue weighted by Crippen LogP contribution is 2.21. The summed E-state index contributed by atoms with van der Waals surface area (Å²) in [6.45, 7) is 4.33. The zero-order valence-corrected chi connectivity index (χ0v) is 16.4. The lowest BCUT2D eigenvalue weighted by Crippen LogP contribution is -2.54. The molecule has 8 heteroatoms. The van der Waals surface area contributed by atoms with E-state index in [2.05, 4.69) is 10.2 Å². The average molecular weight is 413 g/mol. The molecule has 4 nitrogen and oxygen atoms in total. The lowest BCUT2D eigenvalue weighted by atomic mass is 10.0. The fourth-order valence-corrected chi connectivity index (χ4v) is 3.54. The fourth-order valence-electron chi connectivity index (χ4n) is 3.32. The van der Waals surface area contributed by atoms with E-state index in [1.165, 1.54) is 6.07 Å². The van der Waals surface area contributed by atoms with Gasteiger partial charge in [0.1, 0.15) is 5.82 Å². The van der Waals surface area contributed by atoms with Gasteiger partial charge in [-0.05, 0) is 31.5 Å². The molecule has 2 aliphatic rings. The highest BCUT2D eigenvalue weighted by Gasteiger charge is 2.28. The molecule has 0 spiro atoms. The van der Waals surface area contributed by atoms with Crippen molar-refractivity contribution >= 4 is 42.3 Å². The third-order valence-electron chi connectivity index (χ3n) is 4.74. The van der Waals surface area contributed by atoms with Gasteiger partial charge in [-0.3, -0.25) is 9.69 Å². The number of piperidine rings is 1. The van der Waals surface area contributed by atoms with E-state index in [9.17, 15) is 9.18 Å². The first-order valence-electron chi connectivity index (χ1n) is 8.32. The minimum atomic E-state index is -0.262. The van der Waals surface area contributed by atoms with Crippen molar-refractivity contribution in [2.45, 2.75) is 31.8 Å². The molecule has 2 saturated heterocycles. The normalized spacial score (nSPS) is 21.2. The second kappa shape index (κ2) is 10.5. The van der Waals surface area contributed by atoms with E-state index in [4.69, 9.17) is 11.6 Å². The predicted molar refractivity (Wildman–Crippen MR) is 103 cm³/mol. The molecule has 2 fully saturated rings. The molecule has 1 aromatic rings. The number of hydrogen-bond donors (Lipinski definition) is 1. The van der Waals surface area contributed by atoms with Gasteiger partial charge in [0.25, 0.3) is 0 Å². The molecule has 25 heavy (non-hydrogen) atoms. The monoisotopic (exact) mass is 411 g/mol. The van der Waals surface area contributed by atoms with Crippen molar-refractivity contribution in [3.63, 3.8) is 0 Å². The van der Waals surface area contributed by atoms with Crippen LogP contribution in [0.15, 0.2) is 18.2 Å². The number of rotatable bonds is 3. The molecule has 1 unspecified atom stereocenters. The second-order valence-electron chi connectivity index (χ2n) is 6.30. The van der Waals surface area contributed by atoms with Crippen LogP contribution in [0.2, 0.25) is 5.02 Å². The Labute approximate surface area is 165 Å². The summed E-state index contributed by atoms with van der Waals surface area (Å²) >= 11 is 6.09. The van der Waals surface area contributed by atoms with Gasteiger partial charge in [-0.25, -0.2) is 4.39 Å². The summed E-state index contributed by atoms with van der Waals surface area (Å²) in [7, 11) is 0. The Balaban J connectivity index is 0.00000156. The molecule has 3 rings (SSSR count). The number of carbonyl (C=O) groups excluding carboxylic acids is 1. The van der Waals surface area contributed by atoms with Crippen LogP contribution in [0.3, 0.4) is 0 Å². The summed E-state index contributed by atoms with van der Waals surface area (Å²) in [6.07, 6.45) is 3.21. The van der Waals surface area contributed by atoms with E-state index in [1.54, 1.807) is 12.1 Å². The lowest BCUT2D eigenvalue weighted by Gasteiger charge is -2.37. The van der Waals surface area contributed by atoms with Crippen LogP contribution < -0.4 is 5.32 Å². The maximum atomic E-state index is 13.9. The maximum absolute atomic E-state index is 13.9. The van der Waals surface area contributed by atoms with Gasteiger partial charge in [-0.15, -0.1) is 24.8 Å². The minimum Gasteiger partial charge on any atom is -0.339 e. The number of benzene rings is 1. The van der Waals surface area contributed by atoms with Crippen molar-refractivity contribution in [1.29, 1.82) is 0 Å². The SMILES string of the molecule is Cl.Cl.O=C(C1CCCCN1)N1CCN(Cc2c(F)cccc2Cl)CC1. The van der Waals surface area contributed by atoms with Crippen LogP contribution in [0, 0.1) is 5.82 Å². The van der Waals surface area contributed by atoms with Crippen LogP contribution in [0.4, 0.5) is 4.39 Å². The maximum Gasteiger partial charge on any atom is 0.239 e. The average Bonchev–Trinajstić information content (AvgIpc) is 2.59. The number of nitrogens with zero attached hydrogens (tertiary/aromatic N) is 2. The Morgan fingerprint density at radius 3 is 2.52 bits per heavy atom. The van der Waals surface area contributed by atoms with Crippen LogP contribution in [-0.4, -0.2) is 54.5 Å². The Kier molecular flexibility index (Phi) is 9.46. The molecule has 0 bridgehead atoms. The van der Waals surface area contributed by atoms with Gasteiger partial charge in [0.15, 0.2) is 0 Å². The molecule has 1 aromatic carbocycles. The summed E-state index contributed by atoms with van der Waals surface area (Å²) in [6, 6.07) is 4.76. The van der Waals surface area contributed by atoms with Gasteiger partial charge in [-0.2, -0.15) is 0 Å². The van der Waals surface area contributed by atoms with Gasteiger partial charge in [0.2, 0.25) is 5.91 Å². The van der Waals surface area contributed by atoms with Crippen LogP contribution in [-0.2, 0) is 11.3 Å². The van der Waals surface area contributed by atoms with Gasteiger partial charge in [0.05, 0.1) is 6.04 Å². The highest BCUT2D eigenvalue weighted by molar-refractivity contribution is 6.31. The van der Waals surface area contributed by atoms with Crippen LogP contribution in [0.1, 0.15) is 24.8 Å². The quantitative estimate of drug-likeness (QED) is 0.828. The van der Waals surface area contributed by atoms with E-state index in [-0.39, 0.29) is 42.6 Å². The Hall–Kier alpha value is -0.590. The molecule has 1 N–H and O–H groups in total. The van der Waals surface area contributed by atoms with Crippen molar-refractivity contribution in [3.8, 4) is 0 Å². The summed E-state index contributed by atoms with van der Waals surface area (Å²) in [5.41, 5.74) is 0.544. The van der Waals surface area contributed by atoms with Crippen molar-refractivity contribution in [2.24, 2.45) is 0 Å². The number of hydrogen-bond acceptors (Lipinski definition) is 3. The zero-order chi connectivity index (χ0) is 16.2. The van der Waals surface area contributed by atoms with Gasteiger partial charge >= 0.3 is 0 Å². The van der Waals surface area contributed by atoms with Gasteiger partial charge < -0.3 is 10.2 Å². The smallest absolute Gasteiger partial charge is 0.239 e. The third-order valence-corrected chi connectivity index (χ3v) is 5.09. The molecule has 1 amide bonds. The molecular formula is C17H25Cl3FN3O. The van der Waals surface area contributed by atoms with Crippen molar-refractivity contribution in [2.75, 3.05) is 32.7 Å². The standard InChI is InChI=1S/C17H23ClFN3O.2ClH/c18-14-4-3-5-15(19)13(14)12-21-8-10-22(11-9-21)17(23)16-6-1-2-7-20-16;;/h3-5,16,20H,1-2,6-12H2;2*1H. The lowest BCUT2D eigenvalue weighted by molar-refractivity contribution is -0.135. The molecule has 1 atom stereocenters. The van der Waals surface area contributed by atoms with E-state index >= 15 is 0 Å². The predicted octanol–water partition coefficient (Wildman–Crippen LogP) is 3.11. The summed E-state index contributed by atoms with van der Waals surface area (Å²) in [5.74, 6) is -0.0457. The molecule has 2 aliphatic heterocycles. The second-order valence-corrected chi connectivity index (χ2v) is 6.71. The first-order chi connectivity index (χ1) is 11.1. The molecule has 0 saturated carbocycles. The van der Waals surface area contributed by atoms with E-state index in [0.29, 0.717) is 30.2 Å². The van der Waals surface area contributed by atoms with E-state index in [0.717, 1.165) is 38.9 Å². The van der Waals surface area contributed by atoms with Crippen LogP contribution in [0.5, 0.6) is 0 Å². The van der Waals surface area contributed by atoms with E-state index in [1.807, 2.05) is 4.90 Å². The molecule has 0 aromatic heterocycles. The number of piperazine rings is 1. The zero-order valence-electron chi connectivity index (χ0n) is 14.0. The first-order valence-corrected chi connectivity index (χ1v) is 8.70. The fraction of sp³-hybridized carbons (Fsp3) is 0.588. The molecule has 0 radical (unpaired) electrons. The van der Waals surface area contributed by atoms with Crippen molar-refractivity contribution in [3.05, 3.63) is 34.6 Å². The number of carbonyl (C=O) groups is 1. The largest absolute Gasteiger partial charge is 0.339 e. The minimum absolute atomic E-state index is 0. The van der Waals surface area contributed by atoms with Crippen LogP contribution >= 0.6 is 36.4 Å². The van der Waals surface area contributed by atoms with E-state index < -0.39 is 0 Å². The molecule has 142 valence electrons. The van der Waals surface area contributed by atoms with Gasteiger partial charge in [-0.1, -0.05) is 24.1 Å². The first kappa shape index (κ1) is 22.5. The molecule has 0 aliphatic carbocycles. The Morgan fingerprint density at radius 1 is 1.20 bits per heavy atom. The van der Waals surface area contributed by atoms with Crippen molar-refractivity contribution < 1.29 is 9.18 Å². The number of nitrogens with one attached hydrogen (secondary N) is 1. The summed E-state index contributed by atoms with van der Waals surface area (Å²) in [5, 5.41) is 3.78. The molecule has 2 heterocycles. The van der Waals surface area contributed by atoms with Gasteiger partial charge in [0, 0.05) is 43.3 Å². The van der Waals surface area contributed by atoms with Crippen molar-refractivity contribution in [1.82, 2.24) is 15.1 Å². The Morgan fingerprint density at radius 2 is 1.92 bits per heavy atom. The number of amides is 1. The third kappa shape index (κ3) is 5.69. The van der Waals surface area contributed by atoms with Crippen LogP contribution in [0.25, 0.3) is 0 Å². The summed E-state index contributed by atoms with van der Waals surface area (Å²) in [4.78, 5) is 16.6.